The number of unbranched alkanes of at least 4 members (excludes halogenated alkanes) is 2. The highest BCUT2D eigenvalue weighted by atomic mass is 16.5. The molecule has 0 radical (unpaired) electrons. The van der Waals surface area contributed by atoms with Crippen molar-refractivity contribution in [2.75, 3.05) is 13.2 Å². The summed E-state index contributed by atoms with van der Waals surface area (Å²) in [6, 6.07) is 3.42. The molecule has 1 aromatic rings. The Balaban J connectivity index is 2.42. The van der Waals surface area contributed by atoms with Gasteiger partial charge in [0.15, 0.2) is 0 Å². The van der Waals surface area contributed by atoms with Gasteiger partial charge < -0.3 is 14.8 Å². The van der Waals surface area contributed by atoms with E-state index in [0.717, 1.165) is 44.2 Å². The predicted molar refractivity (Wildman–Crippen MR) is 101 cm³/mol. The van der Waals surface area contributed by atoms with Gasteiger partial charge in [-0.15, -0.1) is 0 Å². The number of nitrogens with one attached hydrogen (secondary N) is 1. The average molecular weight is 364 g/mol. The van der Waals surface area contributed by atoms with Crippen LogP contribution < -0.4 is 5.32 Å². The van der Waals surface area contributed by atoms with Gasteiger partial charge in [0, 0.05) is 12.8 Å². The van der Waals surface area contributed by atoms with Crippen molar-refractivity contribution in [3.05, 3.63) is 29.6 Å². The third-order valence-electron chi connectivity index (χ3n) is 3.99. The van der Waals surface area contributed by atoms with Crippen molar-refractivity contribution in [3.8, 4) is 0 Å². The van der Waals surface area contributed by atoms with E-state index in [-0.39, 0.29) is 18.6 Å². The minimum atomic E-state index is -0.392. The van der Waals surface area contributed by atoms with Crippen LogP contribution in [0.15, 0.2) is 18.3 Å². The zero-order chi connectivity index (χ0) is 19.2. The third kappa shape index (κ3) is 8.94. The SMILES string of the molecule is CCCCC(CCCC)OC(=O)CNC(=O)c1ccc(COCC)nc1. The van der Waals surface area contributed by atoms with Crippen LogP contribution in [0.25, 0.3) is 0 Å². The Morgan fingerprint density at radius 1 is 1.12 bits per heavy atom. The normalized spacial score (nSPS) is 10.8. The van der Waals surface area contributed by atoms with E-state index in [4.69, 9.17) is 9.47 Å². The lowest BCUT2D eigenvalue weighted by Crippen LogP contribution is -2.32. The van der Waals surface area contributed by atoms with Gasteiger partial charge in [-0.25, -0.2) is 0 Å². The zero-order valence-electron chi connectivity index (χ0n) is 16.3. The monoisotopic (exact) mass is 364 g/mol. The summed E-state index contributed by atoms with van der Waals surface area (Å²) < 4.78 is 10.8. The molecule has 0 unspecified atom stereocenters. The summed E-state index contributed by atoms with van der Waals surface area (Å²) in [4.78, 5) is 28.3. The van der Waals surface area contributed by atoms with Crippen molar-refractivity contribution < 1.29 is 19.1 Å². The molecule has 0 saturated heterocycles. The Kier molecular flexibility index (Phi) is 11.3. The van der Waals surface area contributed by atoms with Crippen LogP contribution in [-0.4, -0.2) is 36.1 Å². The van der Waals surface area contributed by atoms with Crippen LogP contribution >= 0.6 is 0 Å². The van der Waals surface area contributed by atoms with Crippen LogP contribution in [0.2, 0.25) is 0 Å². The Hall–Kier alpha value is -1.95. The summed E-state index contributed by atoms with van der Waals surface area (Å²) in [6.45, 7) is 7.05. The average Bonchev–Trinajstić information content (AvgIpc) is 2.66. The minimum absolute atomic E-state index is 0.0567. The highest BCUT2D eigenvalue weighted by Gasteiger charge is 2.15. The number of aromatic nitrogens is 1. The zero-order valence-corrected chi connectivity index (χ0v) is 16.3. The molecule has 26 heavy (non-hydrogen) atoms. The molecule has 0 saturated carbocycles. The van der Waals surface area contributed by atoms with Gasteiger partial charge in [0.25, 0.3) is 5.91 Å². The third-order valence-corrected chi connectivity index (χ3v) is 3.99. The molecule has 1 aromatic heterocycles. The van der Waals surface area contributed by atoms with Gasteiger partial charge >= 0.3 is 5.97 Å². The van der Waals surface area contributed by atoms with Crippen LogP contribution in [-0.2, 0) is 20.9 Å². The van der Waals surface area contributed by atoms with Crippen LogP contribution in [0.4, 0.5) is 0 Å². The van der Waals surface area contributed by atoms with Gasteiger partial charge in [0.05, 0.1) is 17.9 Å². The Labute approximate surface area is 156 Å². The molecule has 0 aliphatic rings. The molecule has 1 N–H and O–H groups in total. The van der Waals surface area contributed by atoms with E-state index in [1.807, 2.05) is 6.92 Å². The Morgan fingerprint density at radius 3 is 2.35 bits per heavy atom. The number of ether oxygens (including phenoxy) is 2. The molecule has 146 valence electrons. The molecule has 0 atom stereocenters. The first-order chi connectivity index (χ1) is 12.6. The fourth-order valence-corrected chi connectivity index (χ4v) is 2.46. The van der Waals surface area contributed by atoms with Gasteiger partial charge in [-0.2, -0.15) is 0 Å². The van der Waals surface area contributed by atoms with Crippen molar-refractivity contribution in [1.29, 1.82) is 0 Å². The first-order valence-electron chi connectivity index (χ1n) is 9.61. The quantitative estimate of drug-likeness (QED) is 0.541. The summed E-state index contributed by atoms with van der Waals surface area (Å²) in [6.07, 6.45) is 7.40. The summed E-state index contributed by atoms with van der Waals surface area (Å²) >= 11 is 0. The summed E-state index contributed by atoms with van der Waals surface area (Å²) in [7, 11) is 0. The maximum atomic E-state index is 12.1. The standard InChI is InChI=1S/C20H32N2O4/c1-4-7-9-18(10-8-5-2)26-19(23)14-22-20(24)16-11-12-17(21-13-16)15-25-6-3/h11-13,18H,4-10,14-15H2,1-3H3,(H,22,24). The van der Waals surface area contributed by atoms with E-state index in [0.29, 0.717) is 18.8 Å². The number of hydrogen-bond donors (Lipinski definition) is 1. The maximum absolute atomic E-state index is 12.1. The van der Waals surface area contributed by atoms with Crippen molar-refractivity contribution in [2.24, 2.45) is 0 Å². The largest absolute Gasteiger partial charge is 0.461 e. The predicted octanol–water partition coefficient (Wildman–Crippen LogP) is 3.64. The lowest BCUT2D eigenvalue weighted by Gasteiger charge is -2.17. The Bertz CT molecular complexity index is 523. The molecule has 0 fully saturated rings. The Morgan fingerprint density at radius 2 is 1.81 bits per heavy atom. The van der Waals surface area contributed by atoms with Crippen molar-refractivity contribution in [3.63, 3.8) is 0 Å². The van der Waals surface area contributed by atoms with Crippen molar-refractivity contribution >= 4 is 11.9 Å². The molecule has 1 rings (SSSR count). The molecule has 0 aromatic carbocycles. The lowest BCUT2D eigenvalue weighted by atomic mass is 10.1. The molecular formula is C20H32N2O4. The van der Waals surface area contributed by atoms with Crippen LogP contribution in [0.1, 0.15) is 75.3 Å². The highest BCUT2D eigenvalue weighted by Crippen LogP contribution is 2.12. The molecule has 0 aliphatic heterocycles. The molecule has 0 spiro atoms. The topological polar surface area (TPSA) is 77.5 Å². The molecular weight excluding hydrogens is 332 g/mol. The highest BCUT2D eigenvalue weighted by molar-refractivity contribution is 5.95. The fourth-order valence-electron chi connectivity index (χ4n) is 2.46. The number of carbonyl (C=O) groups excluding carboxylic acids is 2. The number of esters is 1. The number of nitrogens with zero attached hydrogens (tertiary/aromatic N) is 1. The lowest BCUT2D eigenvalue weighted by molar-refractivity contribution is -0.148. The number of amides is 1. The molecule has 0 bridgehead atoms. The fraction of sp³-hybridized carbons (Fsp3) is 0.650. The number of hydrogen-bond acceptors (Lipinski definition) is 5. The second-order valence-corrected chi connectivity index (χ2v) is 6.25. The van der Waals surface area contributed by atoms with E-state index in [9.17, 15) is 9.59 Å². The van der Waals surface area contributed by atoms with Crippen molar-refractivity contribution in [2.45, 2.75) is 72.0 Å². The number of rotatable bonds is 13. The molecule has 0 aliphatic carbocycles. The van der Waals surface area contributed by atoms with Crippen LogP contribution in [0.3, 0.4) is 0 Å². The minimum Gasteiger partial charge on any atom is -0.461 e. The molecule has 1 heterocycles. The summed E-state index contributed by atoms with van der Waals surface area (Å²) in [5.41, 5.74) is 1.17. The first kappa shape index (κ1) is 22.1. The van der Waals surface area contributed by atoms with Gasteiger partial charge in [-0.05, 0) is 31.9 Å². The van der Waals surface area contributed by atoms with E-state index >= 15 is 0 Å². The van der Waals surface area contributed by atoms with Gasteiger partial charge in [-0.3, -0.25) is 14.6 Å². The van der Waals surface area contributed by atoms with Crippen molar-refractivity contribution in [1.82, 2.24) is 10.3 Å². The van der Waals surface area contributed by atoms with Crippen LogP contribution in [0.5, 0.6) is 0 Å². The number of carbonyl (C=O) groups is 2. The van der Waals surface area contributed by atoms with Crippen LogP contribution in [0, 0.1) is 0 Å². The van der Waals surface area contributed by atoms with Gasteiger partial charge in [0.1, 0.15) is 12.6 Å². The molecule has 6 heteroatoms. The van der Waals surface area contributed by atoms with E-state index < -0.39 is 5.97 Å². The second kappa shape index (κ2) is 13.3. The first-order valence-corrected chi connectivity index (χ1v) is 9.61. The summed E-state index contributed by atoms with van der Waals surface area (Å²) in [5.74, 6) is -0.729. The van der Waals surface area contributed by atoms with Gasteiger partial charge in [-0.1, -0.05) is 39.5 Å². The van der Waals surface area contributed by atoms with E-state index in [1.165, 1.54) is 6.20 Å². The number of pyridine rings is 1. The van der Waals surface area contributed by atoms with E-state index in [2.05, 4.69) is 24.1 Å². The smallest absolute Gasteiger partial charge is 0.325 e. The maximum Gasteiger partial charge on any atom is 0.325 e. The molecule has 1 amide bonds. The van der Waals surface area contributed by atoms with E-state index in [1.54, 1.807) is 12.1 Å². The summed E-state index contributed by atoms with van der Waals surface area (Å²) in [5, 5.41) is 2.59. The van der Waals surface area contributed by atoms with Gasteiger partial charge in [0.2, 0.25) is 0 Å². The second-order valence-electron chi connectivity index (χ2n) is 6.25. The molecule has 6 nitrogen and oxygen atoms in total.